The van der Waals surface area contributed by atoms with Crippen LogP contribution in [0.25, 0.3) is 22.4 Å². The lowest BCUT2D eigenvalue weighted by molar-refractivity contribution is 0.200. The van der Waals surface area contributed by atoms with Crippen molar-refractivity contribution in [3.63, 3.8) is 0 Å². The quantitative estimate of drug-likeness (QED) is 0.438. The van der Waals surface area contributed by atoms with Gasteiger partial charge in [0.2, 0.25) is 0 Å². The molecule has 4 aromatic rings. The smallest absolute Gasteiger partial charge is 0.128 e. The first-order chi connectivity index (χ1) is 16.3. The van der Waals surface area contributed by atoms with E-state index in [2.05, 4.69) is 50.3 Å². The van der Waals surface area contributed by atoms with Gasteiger partial charge in [-0.3, -0.25) is 10.00 Å². The molecule has 6 heteroatoms. The van der Waals surface area contributed by atoms with Gasteiger partial charge in [0.1, 0.15) is 18.1 Å². The van der Waals surface area contributed by atoms with E-state index in [1.807, 2.05) is 42.5 Å². The number of hydrogen-bond acceptors (Lipinski definition) is 5. The van der Waals surface area contributed by atoms with Gasteiger partial charge in [0.25, 0.3) is 0 Å². The topological polar surface area (TPSA) is 64.6 Å². The number of aromatic hydroxyl groups is 1. The molecule has 2 heterocycles. The SMILES string of the molecule is Oc1cc(OCCN2CCN(c3ccccc3)CC2)ccc1-c1[nH]ncc1-c1ccccc1. The van der Waals surface area contributed by atoms with E-state index in [-0.39, 0.29) is 5.75 Å². The first-order valence-corrected chi connectivity index (χ1v) is 11.4. The molecule has 1 aliphatic rings. The Morgan fingerprint density at radius 3 is 2.30 bits per heavy atom. The summed E-state index contributed by atoms with van der Waals surface area (Å²) in [5.41, 5.74) is 4.79. The van der Waals surface area contributed by atoms with Gasteiger partial charge in [-0.15, -0.1) is 0 Å². The summed E-state index contributed by atoms with van der Waals surface area (Å²) in [6.07, 6.45) is 1.78. The third-order valence-corrected chi connectivity index (χ3v) is 6.13. The van der Waals surface area contributed by atoms with Crippen LogP contribution in [0.15, 0.2) is 85.1 Å². The summed E-state index contributed by atoms with van der Waals surface area (Å²) in [6, 6.07) is 26.0. The molecular weight excluding hydrogens is 412 g/mol. The lowest BCUT2D eigenvalue weighted by Gasteiger charge is -2.36. The monoisotopic (exact) mass is 440 g/mol. The number of hydrogen-bond donors (Lipinski definition) is 2. The third kappa shape index (κ3) is 4.86. The van der Waals surface area contributed by atoms with Crippen LogP contribution in [0, 0.1) is 0 Å². The summed E-state index contributed by atoms with van der Waals surface area (Å²) in [4.78, 5) is 4.84. The van der Waals surface area contributed by atoms with Crippen molar-refractivity contribution >= 4 is 5.69 Å². The van der Waals surface area contributed by atoms with Crippen LogP contribution in [0.3, 0.4) is 0 Å². The van der Waals surface area contributed by atoms with Crippen molar-refractivity contribution in [1.82, 2.24) is 15.1 Å². The molecule has 0 saturated carbocycles. The highest BCUT2D eigenvalue weighted by Gasteiger charge is 2.17. The fourth-order valence-electron chi connectivity index (χ4n) is 4.30. The van der Waals surface area contributed by atoms with Crippen LogP contribution in [0.4, 0.5) is 5.69 Å². The van der Waals surface area contributed by atoms with Crippen molar-refractivity contribution in [2.45, 2.75) is 0 Å². The van der Waals surface area contributed by atoms with E-state index in [1.165, 1.54) is 5.69 Å². The van der Waals surface area contributed by atoms with Crippen molar-refractivity contribution < 1.29 is 9.84 Å². The average Bonchev–Trinajstić information content (AvgIpc) is 3.35. The second-order valence-corrected chi connectivity index (χ2v) is 8.22. The van der Waals surface area contributed by atoms with E-state index in [1.54, 1.807) is 12.3 Å². The third-order valence-electron chi connectivity index (χ3n) is 6.13. The fraction of sp³-hybridized carbons (Fsp3) is 0.222. The van der Waals surface area contributed by atoms with Crippen LogP contribution in [-0.2, 0) is 0 Å². The number of rotatable bonds is 7. The van der Waals surface area contributed by atoms with Crippen LogP contribution in [0.1, 0.15) is 0 Å². The molecule has 33 heavy (non-hydrogen) atoms. The maximum atomic E-state index is 10.7. The van der Waals surface area contributed by atoms with Crippen molar-refractivity contribution in [1.29, 1.82) is 0 Å². The molecular formula is C27H28N4O2. The van der Waals surface area contributed by atoms with Crippen LogP contribution in [0.5, 0.6) is 11.5 Å². The molecule has 0 aliphatic carbocycles. The number of anilines is 1. The molecule has 168 valence electrons. The van der Waals surface area contributed by atoms with Crippen LogP contribution in [-0.4, -0.2) is 59.5 Å². The van der Waals surface area contributed by atoms with Crippen molar-refractivity contribution in [2.24, 2.45) is 0 Å². The highest BCUT2D eigenvalue weighted by Crippen LogP contribution is 2.36. The summed E-state index contributed by atoms with van der Waals surface area (Å²) in [6.45, 7) is 5.53. The molecule has 2 N–H and O–H groups in total. The normalized spacial score (nSPS) is 14.4. The zero-order valence-electron chi connectivity index (χ0n) is 18.5. The van der Waals surface area contributed by atoms with Crippen molar-refractivity contribution in [3.05, 3.63) is 85.1 Å². The van der Waals surface area contributed by atoms with Gasteiger partial charge in [0, 0.05) is 55.6 Å². The Hall–Kier alpha value is -3.77. The van der Waals surface area contributed by atoms with Gasteiger partial charge in [0.05, 0.1) is 11.9 Å². The second-order valence-electron chi connectivity index (χ2n) is 8.22. The van der Waals surface area contributed by atoms with E-state index in [9.17, 15) is 5.11 Å². The number of benzene rings is 3. The number of aromatic nitrogens is 2. The molecule has 0 amide bonds. The number of phenolic OH excluding ortho intramolecular Hbond substituents is 1. The summed E-state index contributed by atoms with van der Waals surface area (Å²) in [7, 11) is 0. The highest BCUT2D eigenvalue weighted by molar-refractivity contribution is 5.83. The minimum Gasteiger partial charge on any atom is -0.507 e. The van der Waals surface area contributed by atoms with Gasteiger partial charge < -0.3 is 14.7 Å². The zero-order valence-corrected chi connectivity index (χ0v) is 18.5. The molecule has 1 saturated heterocycles. The van der Waals surface area contributed by atoms with Crippen LogP contribution in [0.2, 0.25) is 0 Å². The molecule has 0 bridgehead atoms. The number of nitrogens with zero attached hydrogens (tertiary/aromatic N) is 3. The van der Waals surface area contributed by atoms with Gasteiger partial charge >= 0.3 is 0 Å². The molecule has 6 nitrogen and oxygen atoms in total. The van der Waals surface area contributed by atoms with Crippen molar-refractivity contribution in [3.8, 4) is 33.9 Å². The van der Waals surface area contributed by atoms with E-state index < -0.39 is 0 Å². The Morgan fingerprint density at radius 1 is 0.848 bits per heavy atom. The Morgan fingerprint density at radius 2 is 1.58 bits per heavy atom. The van der Waals surface area contributed by atoms with E-state index in [0.29, 0.717) is 17.9 Å². The van der Waals surface area contributed by atoms with E-state index in [4.69, 9.17) is 4.74 Å². The Bertz CT molecular complexity index is 1170. The summed E-state index contributed by atoms with van der Waals surface area (Å²) in [5.74, 6) is 0.838. The van der Waals surface area contributed by atoms with Gasteiger partial charge in [0.15, 0.2) is 0 Å². The number of piperazine rings is 1. The van der Waals surface area contributed by atoms with Crippen LogP contribution < -0.4 is 9.64 Å². The first kappa shape index (κ1) is 21.1. The van der Waals surface area contributed by atoms with Crippen LogP contribution >= 0.6 is 0 Å². The summed E-state index contributed by atoms with van der Waals surface area (Å²) < 4.78 is 5.95. The predicted octanol–water partition coefficient (Wildman–Crippen LogP) is 4.65. The minimum atomic E-state index is 0.172. The average molecular weight is 441 g/mol. The molecule has 5 rings (SSSR count). The van der Waals surface area contributed by atoms with Crippen molar-refractivity contribution in [2.75, 3.05) is 44.2 Å². The largest absolute Gasteiger partial charge is 0.507 e. The Kier molecular flexibility index (Phi) is 6.26. The standard InChI is InChI=1S/C27H28N4O2/c32-26-19-23(11-12-24(26)27-25(20-28-29-27)21-7-3-1-4-8-21)33-18-17-30-13-15-31(16-14-30)22-9-5-2-6-10-22/h1-12,19-20,32H,13-18H2,(H,28,29). The van der Waals surface area contributed by atoms with Gasteiger partial charge in [-0.05, 0) is 29.8 Å². The molecule has 0 atom stereocenters. The number of nitrogens with one attached hydrogen (secondary N) is 1. The maximum absolute atomic E-state index is 10.7. The molecule has 0 unspecified atom stereocenters. The molecule has 0 radical (unpaired) electrons. The number of H-pyrrole nitrogens is 1. The number of aromatic amines is 1. The maximum Gasteiger partial charge on any atom is 0.128 e. The van der Waals surface area contributed by atoms with Gasteiger partial charge in [-0.2, -0.15) is 5.10 Å². The first-order valence-electron chi connectivity index (χ1n) is 11.4. The minimum absolute atomic E-state index is 0.172. The molecule has 1 aromatic heterocycles. The fourth-order valence-corrected chi connectivity index (χ4v) is 4.30. The van der Waals surface area contributed by atoms with Gasteiger partial charge in [-0.25, -0.2) is 0 Å². The Balaban J connectivity index is 1.16. The molecule has 1 fully saturated rings. The Labute approximate surface area is 194 Å². The molecule has 0 spiro atoms. The number of phenols is 1. The van der Waals surface area contributed by atoms with E-state index in [0.717, 1.165) is 49.5 Å². The summed E-state index contributed by atoms with van der Waals surface area (Å²) >= 11 is 0. The zero-order chi connectivity index (χ0) is 22.5. The molecule has 3 aromatic carbocycles. The predicted molar refractivity (Wildman–Crippen MR) is 132 cm³/mol. The number of ether oxygens (including phenoxy) is 1. The van der Waals surface area contributed by atoms with E-state index >= 15 is 0 Å². The summed E-state index contributed by atoms with van der Waals surface area (Å²) in [5, 5.41) is 17.9. The number of para-hydroxylation sites is 1. The molecule has 1 aliphatic heterocycles. The second kappa shape index (κ2) is 9.79. The highest BCUT2D eigenvalue weighted by atomic mass is 16.5. The lowest BCUT2D eigenvalue weighted by atomic mass is 10.0. The lowest BCUT2D eigenvalue weighted by Crippen LogP contribution is -2.47. The van der Waals surface area contributed by atoms with Gasteiger partial charge in [-0.1, -0.05) is 48.5 Å².